The van der Waals surface area contributed by atoms with E-state index in [0.717, 1.165) is 55.8 Å². The van der Waals surface area contributed by atoms with Gasteiger partial charge < -0.3 is 29.9 Å². The van der Waals surface area contributed by atoms with E-state index in [1.54, 1.807) is 18.3 Å². The number of nitrogens with zero attached hydrogens (tertiary/aromatic N) is 5. The first-order valence-electron chi connectivity index (χ1n) is 14.3. The number of ether oxygens (including phenoxy) is 1. The summed E-state index contributed by atoms with van der Waals surface area (Å²) in [4.78, 5) is 29.0. The zero-order valence-corrected chi connectivity index (χ0v) is 23.6. The summed E-state index contributed by atoms with van der Waals surface area (Å²) >= 11 is 0. The van der Waals surface area contributed by atoms with E-state index in [0.29, 0.717) is 34.5 Å². The number of piperidine rings is 3. The summed E-state index contributed by atoms with van der Waals surface area (Å²) in [5, 5.41) is 21.4. The van der Waals surface area contributed by atoms with Gasteiger partial charge in [0.05, 0.1) is 18.2 Å². The van der Waals surface area contributed by atoms with Gasteiger partial charge in [0.2, 0.25) is 5.95 Å². The Kier molecular flexibility index (Phi) is 6.43. The summed E-state index contributed by atoms with van der Waals surface area (Å²) in [6.45, 7) is 6.72. The minimum Gasteiger partial charge on any atom is -0.451 e. The molecule has 3 saturated heterocycles. The highest BCUT2D eigenvalue weighted by molar-refractivity contribution is 5.95. The van der Waals surface area contributed by atoms with Crippen LogP contribution in [0.15, 0.2) is 59.3 Å². The van der Waals surface area contributed by atoms with E-state index >= 15 is 0 Å². The predicted molar refractivity (Wildman–Crippen MR) is 155 cm³/mol. The third-order valence-corrected chi connectivity index (χ3v) is 8.83. The monoisotopic (exact) mass is 567 g/mol. The summed E-state index contributed by atoms with van der Waals surface area (Å²) in [6.07, 6.45) is 4.71. The molecule has 1 atom stereocenters. The quantitative estimate of drug-likeness (QED) is 0.258. The van der Waals surface area contributed by atoms with E-state index in [2.05, 4.69) is 25.7 Å². The Hall–Kier alpha value is -4.35. The SMILES string of the molecule is CC1(C)OC(=O)c2ccc(Nc3ncc(-c4nc(C56CCN(CC5)CC6)no4)c(NC(CO)c4ccccc4)n3)cc21. The molecule has 2 bridgehead atoms. The Morgan fingerprint density at radius 1 is 1.02 bits per heavy atom. The van der Waals surface area contributed by atoms with Crippen LogP contribution in [0.25, 0.3) is 11.5 Å². The van der Waals surface area contributed by atoms with Crippen LogP contribution >= 0.6 is 0 Å². The highest BCUT2D eigenvalue weighted by Crippen LogP contribution is 2.42. The van der Waals surface area contributed by atoms with Gasteiger partial charge in [0.25, 0.3) is 5.89 Å². The number of carbonyl (C=O) groups is 1. The molecule has 216 valence electrons. The molecule has 0 spiro atoms. The third-order valence-electron chi connectivity index (χ3n) is 8.83. The van der Waals surface area contributed by atoms with Gasteiger partial charge in [0.1, 0.15) is 17.0 Å². The normalized spacial score (nSPS) is 22.8. The standard InChI is InChI=1S/C31H33N7O4/c1-30(2)23-16-20(8-9-21(23)27(40)41-30)33-29-32-17-22(25(35-29)34-24(18-39)19-6-4-3-5-7-19)26-36-28(37-42-26)31-10-13-38(14-11-31)15-12-31/h3-9,16-17,24,39H,10-15,18H2,1-2H3,(H2,32,33,34,35). The maximum atomic E-state index is 12.2. The molecule has 3 fully saturated rings. The number of cyclic esters (lactones) is 1. The van der Waals surface area contributed by atoms with Gasteiger partial charge in [-0.3, -0.25) is 0 Å². The largest absolute Gasteiger partial charge is 0.451 e. The van der Waals surface area contributed by atoms with Crippen LogP contribution in [0.4, 0.5) is 17.5 Å². The number of benzene rings is 2. The zero-order valence-electron chi connectivity index (χ0n) is 23.6. The lowest BCUT2D eigenvalue weighted by Gasteiger charge is -2.46. The van der Waals surface area contributed by atoms with E-state index in [1.807, 2.05) is 50.2 Å². The molecule has 3 N–H and O–H groups in total. The lowest BCUT2D eigenvalue weighted by molar-refractivity contribution is 0.00954. The van der Waals surface area contributed by atoms with Crippen LogP contribution in [0.1, 0.15) is 66.5 Å². The van der Waals surface area contributed by atoms with Gasteiger partial charge in [-0.2, -0.15) is 9.97 Å². The summed E-state index contributed by atoms with van der Waals surface area (Å²) in [7, 11) is 0. The Balaban J connectivity index is 1.23. The molecule has 11 heteroatoms. The lowest BCUT2D eigenvalue weighted by atomic mass is 9.71. The Bertz CT molecular complexity index is 1620. The van der Waals surface area contributed by atoms with E-state index in [4.69, 9.17) is 19.2 Å². The number of anilines is 3. The van der Waals surface area contributed by atoms with Gasteiger partial charge in [-0.05, 0) is 76.5 Å². The number of hydrogen-bond donors (Lipinski definition) is 3. The van der Waals surface area contributed by atoms with Crippen molar-refractivity contribution in [3.05, 3.63) is 77.2 Å². The van der Waals surface area contributed by atoms with Crippen molar-refractivity contribution in [2.75, 3.05) is 36.9 Å². The van der Waals surface area contributed by atoms with Crippen LogP contribution in [0.5, 0.6) is 0 Å². The Labute approximate surface area is 243 Å². The second-order valence-electron chi connectivity index (χ2n) is 11.8. The molecule has 42 heavy (non-hydrogen) atoms. The van der Waals surface area contributed by atoms with Crippen LogP contribution in [0.3, 0.4) is 0 Å². The minimum absolute atomic E-state index is 0.0590. The molecule has 0 amide bonds. The molecule has 4 aliphatic rings. The molecular weight excluding hydrogens is 534 g/mol. The van der Waals surface area contributed by atoms with Crippen molar-refractivity contribution < 1.29 is 19.2 Å². The van der Waals surface area contributed by atoms with Crippen LogP contribution in [0.2, 0.25) is 0 Å². The smallest absolute Gasteiger partial charge is 0.339 e. The summed E-state index contributed by atoms with van der Waals surface area (Å²) in [5.41, 5.74) is 2.72. The average Bonchev–Trinajstić information content (AvgIpc) is 3.60. The molecule has 0 radical (unpaired) electrons. The topological polar surface area (TPSA) is 139 Å². The zero-order chi connectivity index (χ0) is 28.9. The first kappa shape index (κ1) is 26.5. The van der Waals surface area contributed by atoms with Gasteiger partial charge in [0.15, 0.2) is 5.82 Å². The fraction of sp³-hybridized carbons (Fsp3) is 0.387. The number of aromatic nitrogens is 4. The number of aliphatic hydroxyl groups excluding tert-OH is 1. The predicted octanol–water partition coefficient (Wildman–Crippen LogP) is 4.56. The van der Waals surface area contributed by atoms with Crippen molar-refractivity contribution in [2.24, 2.45) is 0 Å². The first-order chi connectivity index (χ1) is 20.3. The average molecular weight is 568 g/mol. The van der Waals surface area contributed by atoms with E-state index in [-0.39, 0.29) is 18.0 Å². The van der Waals surface area contributed by atoms with E-state index in [9.17, 15) is 9.90 Å². The van der Waals surface area contributed by atoms with Crippen LogP contribution in [-0.2, 0) is 15.8 Å². The fourth-order valence-electron chi connectivity index (χ4n) is 6.27. The van der Waals surface area contributed by atoms with Crippen molar-refractivity contribution in [3.63, 3.8) is 0 Å². The van der Waals surface area contributed by atoms with Gasteiger partial charge in [-0.1, -0.05) is 35.5 Å². The van der Waals surface area contributed by atoms with E-state index < -0.39 is 11.6 Å². The molecule has 0 aliphatic carbocycles. The summed E-state index contributed by atoms with van der Waals surface area (Å²) in [6, 6.07) is 14.7. The lowest BCUT2D eigenvalue weighted by Crippen LogP contribution is -2.51. The van der Waals surface area contributed by atoms with Crippen molar-refractivity contribution >= 4 is 23.4 Å². The van der Waals surface area contributed by atoms with Crippen LogP contribution in [0, 0.1) is 0 Å². The van der Waals surface area contributed by atoms with Crippen molar-refractivity contribution in [1.29, 1.82) is 0 Å². The molecule has 11 nitrogen and oxygen atoms in total. The second kappa shape index (κ2) is 10.2. The number of fused-ring (bicyclic) bond motifs is 4. The molecule has 2 aromatic carbocycles. The van der Waals surface area contributed by atoms with Crippen LogP contribution < -0.4 is 10.6 Å². The van der Waals surface area contributed by atoms with E-state index in [1.165, 1.54) is 0 Å². The van der Waals surface area contributed by atoms with Gasteiger partial charge in [0, 0.05) is 22.9 Å². The number of hydrogen-bond acceptors (Lipinski definition) is 11. The summed E-state index contributed by atoms with van der Waals surface area (Å²) < 4.78 is 11.3. The van der Waals surface area contributed by atoms with Crippen molar-refractivity contribution in [2.45, 2.75) is 50.2 Å². The molecule has 4 aromatic rings. The number of carbonyl (C=O) groups excluding carboxylic acids is 1. The molecule has 8 rings (SSSR count). The second-order valence-corrected chi connectivity index (χ2v) is 11.8. The molecule has 1 unspecified atom stereocenters. The third kappa shape index (κ3) is 4.68. The number of esters is 1. The fourth-order valence-corrected chi connectivity index (χ4v) is 6.27. The number of aliphatic hydroxyl groups is 1. The first-order valence-corrected chi connectivity index (χ1v) is 14.3. The number of nitrogens with one attached hydrogen (secondary N) is 2. The van der Waals surface area contributed by atoms with Crippen molar-refractivity contribution in [3.8, 4) is 11.5 Å². The summed E-state index contributed by atoms with van der Waals surface area (Å²) in [5.74, 6) is 1.51. The molecular formula is C31H33N7O4. The molecule has 0 saturated carbocycles. The maximum Gasteiger partial charge on any atom is 0.339 e. The molecule has 6 heterocycles. The number of rotatable bonds is 8. The minimum atomic E-state index is -0.727. The Morgan fingerprint density at radius 3 is 2.52 bits per heavy atom. The molecule has 4 aliphatic heterocycles. The van der Waals surface area contributed by atoms with Gasteiger partial charge >= 0.3 is 5.97 Å². The molecule has 2 aromatic heterocycles. The highest BCUT2D eigenvalue weighted by Gasteiger charge is 2.44. The van der Waals surface area contributed by atoms with Crippen molar-refractivity contribution in [1.82, 2.24) is 25.0 Å². The van der Waals surface area contributed by atoms with Crippen LogP contribution in [-0.4, -0.2) is 62.3 Å². The van der Waals surface area contributed by atoms with Gasteiger partial charge in [-0.25, -0.2) is 9.78 Å². The highest BCUT2D eigenvalue weighted by atomic mass is 16.6. The Morgan fingerprint density at radius 2 is 1.79 bits per heavy atom. The maximum absolute atomic E-state index is 12.2. The van der Waals surface area contributed by atoms with Gasteiger partial charge in [-0.15, -0.1) is 0 Å².